The van der Waals surface area contributed by atoms with Crippen LogP contribution in [-0.4, -0.2) is 34.0 Å². The normalized spacial score (nSPS) is 16.7. The molecular formula is C24H27F3N4O. The Hall–Kier alpha value is -2.87. The van der Waals surface area contributed by atoms with Gasteiger partial charge in [-0.25, -0.2) is 0 Å². The van der Waals surface area contributed by atoms with Crippen molar-refractivity contribution in [1.82, 2.24) is 10.2 Å². The molecule has 3 aromatic rings. The summed E-state index contributed by atoms with van der Waals surface area (Å²) < 4.78 is 41.7. The zero-order valence-corrected chi connectivity index (χ0v) is 18.8. The van der Waals surface area contributed by atoms with E-state index in [0.29, 0.717) is 22.3 Å². The number of alkyl halides is 3. The number of aromatic nitrogens is 2. The number of benzene rings is 2. The van der Waals surface area contributed by atoms with Crippen LogP contribution < -0.4 is 10.2 Å². The Bertz CT molecular complexity index is 1180. The summed E-state index contributed by atoms with van der Waals surface area (Å²) >= 11 is 0. The van der Waals surface area contributed by atoms with E-state index in [4.69, 9.17) is 0 Å². The summed E-state index contributed by atoms with van der Waals surface area (Å²) in [6.45, 7) is 9.63. The monoisotopic (exact) mass is 444 g/mol. The molecule has 1 aliphatic rings. The van der Waals surface area contributed by atoms with Gasteiger partial charge in [0.15, 0.2) is 5.82 Å². The van der Waals surface area contributed by atoms with Gasteiger partial charge in [0.05, 0.1) is 22.9 Å². The Balaban J connectivity index is 1.82. The number of nitrogens with zero attached hydrogens (tertiary/aromatic N) is 3. The van der Waals surface area contributed by atoms with Crippen molar-refractivity contribution in [2.75, 3.05) is 23.3 Å². The summed E-state index contributed by atoms with van der Waals surface area (Å²) in [5.74, 6) is 0.432. The second kappa shape index (κ2) is 7.62. The molecule has 0 bridgehead atoms. The largest absolute Gasteiger partial charge is 0.418 e. The van der Waals surface area contributed by atoms with Crippen LogP contribution in [0.1, 0.15) is 47.8 Å². The molecule has 1 saturated heterocycles. The molecule has 0 amide bonds. The molecule has 32 heavy (non-hydrogen) atoms. The van der Waals surface area contributed by atoms with E-state index in [1.165, 1.54) is 6.07 Å². The number of hydrogen-bond donors (Lipinski definition) is 2. The van der Waals surface area contributed by atoms with Gasteiger partial charge in [-0.2, -0.15) is 18.3 Å². The topological polar surface area (TPSA) is 61.3 Å². The Morgan fingerprint density at radius 2 is 1.78 bits per heavy atom. The van der Waals surface area contributed by atoms with Crippen molar-refractivity contribution in [2.45, 2.75) is 52.4 Å². The van der Waals surface area contributed by atoms with E-state index in [-0.39, 0.29) is 24.8 Å². The highest BCUT2D eigenvalue weighted by Crippen LogP contribution is 2.43. The lowest BCUT2D eigenvalue weighted by Crippen LogP contribution is -2.60. The van der Waals surface area contributed by atoms with E-state index >= 15 is 0 Å². The van der Waals surface area contributed by atoms with E-state index in [1.807, 2.05) is 39.0 Å². The number of nitrogens with one attached hydrogen (secondary N) is 1. The number of aryl methyl sites for hydroxylation is 2. The molecule has 1 atom stereocenters. The summed E-state index contributed by atoms with van der Waals surface area (Å²) in [7, 11) is 0. The van der Waals surface area contributed by atoms with E-state index < -0.39 is 17.3 Å². The first-order valence-corrected chi connectivity index (χ1v) is 10.6. The molecule has 1 fully saturated rings. The van der Waals surface area contributed by atoms with Crippen molar-refractivity contribution >= 4 is 22.3 Å². The van der Waals surface area contributed by atoms with Gasteiger partial charge in [0, 0.05) is 29.5 Å². The number of aliphatic hydroxyl groups is 1. The van der Waals surface area contributed by atoms with E-state index in [1.54, 1.807) is 18.7 Å². The molecule has 0 aliphatic carbocycles. The van der Waals surface area contributed by atoms with Crippen molar-refractivity contribution in [1.29, 1.82) is 0 Å². The molecule has 1 aromatic heterocycles. The molecule has 2 N–H and O–H groups in total. The third-order valence-electron chi connectivity index (χ3n) is 6.26. The molecular weight excluding hydrogens is 417 g/mol. The Morgan fingerprint density at radius 1 is 1.09 bits per heavy atom. The standard InChI is InChI=1S/C24H27F3N4O/c1-13-7-6-8-17(14(13)2)15(3)28-22-19-10-21(31-11-23(5,32)12-31)20(24(25,26)27)9-18(19)16(4)29-30-22/h6-10,15,32H,11-12H2,1-5H3,(H,28,30)/t15-/m1/s1. The molecule has 0 radical (unpaired) electrons. The lowest BCUT2D eigenvalue weighted by Gasteiger charge is -2.46. The molecule has 0 saturated carbocycles. The maximum atomic E-state index is 13.9. The maximum absolute atomic E-state index is 13.9. The third kappa shape index (κ3) is 3.99. The highest BCUT2D eigenvalue weighted by Gasteiger charge is 2.42. The van der Waals surface area contributed by atoms with Crippen LogP contribution in [0.3, 0.4) is 0 Å². The quantitative estimate of drug-likeness (QED) is 0.571. The zero-order valence-electron chi connectivity index (χ0n) is 18.8. The number of β-amino-alcohol motifs (C(OH)–C–C–N with tert-alkyl or cyclic N) is 1. The predicted molar refractivity (Wildman–Crippen MR) is 120 cm³/mol. The van der Waals surface area contributed by atoms with Crippen LogP contribution in [0.2, 0.25) is 0 Å². The fourth-order valence-corrected chi connectivity index (χ4v) is 4.38. The molecule has 5 nitrogen and oxygen atoms in total. The fourth-order valence-electron chi connectivity index (χ4n) is 4.38. The van der Waals surface area contributed by atoms with E-state index in [0.717, 1.165) is 22.8 Å². The minimum atomic E-state index is -4.53. The Morgan fingerprint density at radius 3 is 2.41 bits per heavy atom. The zero-order chi connectivity index (χ0) is 23.4. The number of rotatable bonds is 4. The smallest absolute Gasteiger partial charge is 0.386 e. The SMILES string of the molecule is Cc1cccc([C@@H](C)Nc2nnc(C)c3cc(C(F)(F)F)c(N4CC(C)(O)C4)cc23)c1C. The predicted octanol–water partition coefficient (Wildman–Crippen LogP) is 5.32. The number of anilines is 2. The van der Waals surface area contributed by atoms with Crippen LogP contribution in [0, 0.1) is 20.8 Å². The van der Waals surface area contributed by atoms with Gasteiger partial charge in [0.2, 0.25) is 0 Å². The highest BCUT2D eigenvalue weighted by molar-refractivity contribution is 5.96. The summed E-state index contributed by atoms with van der Waals surface area (Å²) in [6.07, 6.45) is -4.53. The molecule has 0 spiro atoms. The first-order valence-electron chi connectivity index (χ1n) is 10.6. The van der Waals surface area contributed by atoms with Gasteiger partial charge in [-0.3, -0.25) is 0 Å². The number of fused-ring (bicyclic) bond motifs is 1. The van der Waals surface area contributed by atoms with Gasteiger partial charge in [-0.15, -0.1) is 5.10 Å². The van der Waals surface area contributed by atoms with Crippen molar-refractivity contribution in [2.24, 2.45) is 0 Å². The van der Waals surface area contributed by atoms with Crippen molar-refractivity contribution < 1.29 is 18.3 Å². The van der Waals surface area contributed by atoms with Crippen molar-refractivity contribution in [3.8, 4) is 0 Å². The minimum absolute atomic E-state index is 0.0476. The molecule has 0 unspecified atom stereocenters. The van der Waals surface area contributed by atoms with Gasteiger partial charge >= 0.3 is 6.18 Å². The van der Waals surface area contributed by atoms with Crippen molar-refractivity contribution in [3.05, 3.63) is 58.3 Å². The average Bonchev–Trinajstić information content (AvgIpc) is 2.68. The summed E-state index contributed by atoms with van der Waals surface area (Å²) in [4.78, 5) is 1.55. The van der Waals surface area contributed by atoms with Crippen LogP contribution in [0.25, 0.3) is 10.8 Å². The van der Waals surface area contributed by atoms with E-state index in [2.05, 4.69) is 15.5 Å². The van der Waals surface area contributed by atoms with Gasteiger partial charge in [0.1, 0.15) is 0 Å². The first kappa shape index (κ1) is 22.3. The average molecular weight is 445 g/mol. The van der Waals surface area contributed by atoms with Crippen LogP contribution in [-0.2, 0) is 6.18 Å². The number of halogens is 3. The second-order valence-electron chi connectivity index (χ2n) is 9.05. The molecule has 4 rings (SSSR count). The van der Waals surface area contributed by atoms with Gasteiger partial charge < -0.3 is 15.3 Å². The fraction of sp³-hybridized carbons (Fsp3) is 0.417. The highest BCUT2D eigenvalue weighted by atomic mass is 19.4. The maximum Gasteiger partial charge on any atom is 0.418 e. The lowest BCUT2D eigenvalue weighted by molar-refractivity contribution is -0.137. The lowest BCUT2D eigenvalue weighted by atomic mass is 9.93. The number of hydrogen-bond acceptors (Lipinski definition) is 5. The Kier molecular flexibility index (Phi) is 5.32. The summed E-state index contributed by atoms with van der Waals surface area (Å²) in [6, 6.07) is 8.60. The second-order valence-corrected chi connectivity index (χ2v) is 9.05. The van der Waals surface area contributed by atoms with Gasteiger partial charge in [-0.05, 0) is 63.4 Å². The molecule has 8 heteroatoms. The van der Waals surface area contributed by atoms with Gasteiger partial charge in [0.25, 0.3) is 0 Å². The Labute approximate surface area is 185 Å². The minimum Gasteiger partial charge on any atom is -0.386 e. The van der Waals surface area contributed by atoms with Crippen LogP contribution in [0.15, 0.2) is 30.3 Å². The molecule has 170 valence electrons. The first-order chi connectivity index (χ1) is 14.9. The van der Waals surface area contributed by atoms with Crippen LogP contribution in [0.4, 0.5) is 24.7 Å². The van der Waals surface area contributed by atoms with Gasteiger partial charge in [-0.1, -0.05) is 18.2 Å². The molecule has 2 aromatic carbocycles. The molecule has 2 heterocycles. The van der Waals surface area contributed by atoms with E-state index in [9.17, 15) is 18.3 Å². The van der Waals surface area contributed by atoms with Crippen molar-refractivity contribution in [3.63, 3.8) is 0 Å². The van der Waals surface area contributed by atoms with Crippen LogP contribution in [0.5, 0.6) is 0 Å². The molecule has 1 aliphatic heterocycles. The van der Waals surface area contributed by atoms with Crippen LogP contribution >= 0.6 is 0 Å². The summed E-state index contributed by atoms with van der Waals surface area (Å²) in [5, 5.41) is 22.8. The third-order valence-corrected chi connectivity index (χ3v) is 6.26. The summed E-state index contributed by atoms with van der Waals surface area (Å²) in [5.41, 5.74) is 2.15.